The highest BCUT2D eigenvalue weighted by Crippen LogP contribution is 2.35. The maximum Gasteiger partial charge on any atom is 0.151 e. The minimum absolute atomic E-state index is 0.134. The number of Topliss-reactive ketones (excluding diaryl/α,β-unsaturated/α-hetero) is 3. The molecule has 0 bridgehead atoms. The van der Waals surface area contributed by atoms with E-state index in [-0.39, 0.29) is 23.3 Å². The number of carbonyl (C=O) groups is 3. The van der Waals surface area contributed by atoms with Gasteiger partial charge in [0.25, 0.3) is 0 Å². The van der Waals surface area contributed by atoms with Gasteiger partial charge in [-0.25, -0.2) is 0 Å². The van der Waals surface area contributed by atoms with Crippen LogP contribution in [0.4, 0.5) is 0 Å². The first-order valence-electron chi connectivity index (χ1n) is 7.29. The van der Waals surface area contributed by atoms with Crippen LogP contribution in [0.5, 0.6) is 0 Å². The Hall–Kier alpha value is -1.03. The van der Waals surface area contributed by atoms with E-state index in [4.69, 9.17) is 4.74 Å². The lowest BCUT2D eigenvalue weighted by Crippen LogP contribution is -2.41. The monoisotopic (exact) mass is 266 g/mol. The predicted octanol–water partition coefficient (Wildman–Crippen LogP) is 1.95. The summed E-state index contributed by atoms with van der Waals surface area (Å²) in [6, 6.07) is 0. The fraction of sp³-hybridized carbons (Fsp3) is 0.800. The maximum absolute atomic E-state index is 12.1. The molecule has 0 spiro atoms. The van der Waals surface area contributed by atoms with Crippen LogP contribution >= 0.6 is 0 Å². The normalized spacial score (nSPS) is 29.5. The summed E-state index contributed by atoms with van der Waals surface area (Å²) in [5.41, 5.74) is 0. The molecule has 1 aliphatic carbocycles. The molecule has 4 heteroatoms. The molecular weight excluding hydrogens is 244 g/mol. The summed E-state index contributed by atoms with van der Waals surface area (Å²) in [5.74, 6) is -0.880. The largest absolute Gasteiger partial charge is 0.381 e. The van der Waals surface area contributed by atoms with Crippen LogP contribution in [0.1, 0.15) is 45.4 Å². The topological polar surface area (TPSA) is 60.4 Å². The number of ether oxygens (including phenoxy) is 1. The zero-order chi connectivity index (χ0) is 13.8. The minimum Gasteiger partial charge on any atom is -0.381 e. The van der Waals surface area contributed by atoms with Crippen LogP contribution in [0, 0.1) is 17.8 Å². The molecule has 1 aliphatic heterocycles. The van der Waals surface area contributed by atoms with Gasteiger partial charge in [0.15, 0.2) is 17.3 Å². The summed E-state index contributed by atoms with van der Waals surface area (Å²) < 4.78 is 5.31. The summed E-state index contributed by atoms with van der Waals surface area (Å²) in [7, 11) is 0. The highest BCUT2D eigenvalue weighted by Gasteiger charge is 2.41. The second kappa shape index (κ2) is 6.42. The van der Waals surface area contributed by atoms with Crippen LogP contribution in [-0.2, 0) is 19.1 Å². The average Bonchev–Trinajstić information content (AvgIpc) is 2.39. The molecule has 4 nitrogen and oxygen atoms in total. The van der Waals surface area contributed by atoms with E-state index < -0.39 is 5.92 Å². The third kappa shape index (κ3) is 3.30. The molecule has 0 N–H and O–H groups in total. The summed E-state index contributed by atoms with van der Waals surface area (Å²) in [6.07, 6.45) is 3.69. The second-order valence-corrected chi connectivity index (χ2v) is 5.70. The Balaban J connectivity index is 1.99. The van der Waals surface area contributed by atoms with E-state index in [1.807, 2.05) is 6.92 Å². The van der Waals surface area contributed by atoms with E-state index in [9.17, 15) is 14.4 Å². The zero-order valence-electron chi connectivity index (χ0n) is 11.5. The van der Waals surface area contributed by atoms with Crippen molar-refractivity contribution in [2.75, 3.05) is 13.2 Å². The summed E-state index contributed by atoms with van der Waals surface area (Å²) in [4.78, 5) is 36.0. The van der Waals surface area contributed by atoms with E-state index in [0.29, 0.717) is 31.6 Å². The van der Waals surface area contributed by atoms with E-state index >= 15 is 0 Å². The number of hydrogen-bond acceptors (Lipinski definition) is 4. The number of carbonyl (C=O) groups excluding carboxylic acids is 3. The van der Waals surface area contributed by atoms with Crippen molar-refractivity contribution in [1.82, 2.24) is 0 Å². The highest BCUT2D eigenvalue weighted by molar-refractivity contribution is 6.20. The van der Waals surface area contributed by atoms with Gasteiger partial charge in [0.2, 0.25) is 0 Å². The molecule has 2 rings (SSSR count). The van der Waals surface area contributed by atoms with Gasteiger partial charge < -0.3 is 4.74 Å². The number of ketones is 3. The van der Waals surface area contributed by atoms with Crippen LogP contribution < -0.4 is 0 Å². The first kappa shape index (κ1) is 14.4. The summed E-state index contributed by atoms with van der Waals surface area (Å²) >= 11 is 0. The lowest BCUT2D eigenvalue weighted by molar-refractivity contribution is -0.144. The fourth-order valence-electron chi connectivity index (χ4n) is 3.27. The predicted molar refractivity (Wildman–Crippen MR) is 69.7 cm³/mol. The van der Waals surface area contributed by atoms with Gasteiger partial charge in [-0.2, -0.15) is 0 Å². The van der Waals surface area contributed by atoms with Crippen LogP contribution in [0.25, 0.3) is 0 Å². The summed E-state index contributed by atoms with van der Waals surface area (Å²) in [5, 5.41) is 0. The Kier molecular flexibility index (Phi) is 4.86. The Bertz CT molecular complexity index is 350. The Morgan fingerprint density at radius 2 is 1.68 bits per heavy atom. The van der Waals surface area contributed by atoms with Gasteiger partial charge in [0.05, 0.1) is 0 Å². The molecule has 0 aromatic heterocycles. The lowest BCUT2D eigenvalue weighted by atomic mass is 9.71. The highest BCUT2D eigenvalue weighted by atomic mass is 16.5. The van der Waals surface area contributed by atoms with E-state index in [1.54, 1.807) is 0 Å². The third-order valence-corrected chi connectivity index (χ3v) is 4.32. The van der Waals surface area contributed by atoms with Crippen molar-refractivity contribution in [3.8, 4) is 0 Å². The molecule has 2 fully saturated rings. The number of hydrogen-bond donors (Lipinski definition) is 0. The van der Waals surface area contributed by atoms with Crippen molar-refractivity contribution in [1.29, 1.82) is 0 Å². The van der Waals surface area contributed by atoms with Crippen LogP contribution in [-0.4, -0.2) is 30.6 Å². The molecule has 1 heterocycles. The molecule has 1 saturated heterocycles. The van der Waals surface area contributed by atoms with Gasteiger partial charge in [-0.3, -0.25) is 14.4 Å². The quantitative estimate of drug-likeness (QED) is 0.730. The SMILES string of the molecule is CCCC(=O)C1C(=O)CC(C2CCOCC2)CC1=O. The van der Waals surface area contributed by atoms with E-state index in [1.165, 1.54) is 0 Å². The Labute approximate surface area is 113 Å². The molecule has 0 unspecified atom stereocenters. The third-order valence-electron chi connectivity index (χ3n) is 4.32. The van der Waals surface area contributed by atoms with Gasteiger partial charge in [0, 0.05) is 32.5 Å². The molecule has 0 aromatic rings. The van der Waals surface area contributed by atoms with Crippen molar-refractivity contribution in [3.63, 3.8) is 0 Å². The smallest absolute Gasteiger partial charge is 0.151 e. The number of rotatable bonds is 4. The average molecular weight is 266 g/mol. The van der Waals surface area contributed by atoms with Crippen LogP contribution in [0.3, 0.4) is 0 Å². The fourth-order valence-corrected chi connectivity index (χ4v) is 3.27. The Morgan fingerprint density at radius 3 is 2.21 bits per heavy atom. The molecule has 19 heavy (non-hydrogen) atoms. The van der Waals surface area contributed by atoms with Gasteiger partial charge in [-0.05, 0) is 31.1 Å². The standard InChI is InChI=1S/C15H22O4/c1-2-3-12(16)15-13(17)8-11(9-14(15)18)10-4-6-19-7-5-10/h10-11,15H,2-9H2,1H3. The van der Waals surface area contributed by atoms with E-state index in [2.05, 4.69) is 0 Å². The maximum atomic E-state index is 12.1. The van der Waals surface area contributed by atoms with Gasteiger partial charge >= 0.3 is 0 Å². The first-order valence-corrected chi connectivity index (χ1v) is 7.29. The van der Waals surface area contributed by atoms with Gasteiger partial charge in [0.1, 0.15) is 5.92 Å². The first-order chi connectivity index (χ1) is 9.13. The van der Waals surface area contributed by atoms with Gasteiger partial charge in [-0.1, -0.05) is 6.92 Å². The van der Waals surface area contributed by atoms with Crippen molar-refractivity contribution >= 4 is 17.3 Å². The van der Waals surface area contributed by atoms with Gasteiger partial charge in [-0.15, -0.1) is 0 Å². The zero-order valence-corrected chi connectivity index (χ0v) is 11.5. The molecule has 2 aliphatic rings. The molecular formula is C15H22O4. The van der Waals surface area contributed by atoms with Crippen molar-refractivity contribution < 1.29 is 19.1 Å². The van der Waals surface area contributed by atoms with Crippen molar-refractivity contribution in [2.45, 2.75) is 45.4 Å². The molecule has 106 valence electrons. The molecule has 1 saturated carbocycles. The summed E-state index contributed by atoms with van der Waals surface area (Å²) in [6.45, 7) is 3.34. The molecule has 0 radical (unpaired) electrons. The second-order valence-electron chi connectivity index (χ2n) is 5.70. The molecule has 0 amide bonds. The van der Waals surface area contributed by atoms with Crippen molar-refractivity contribution in [2.24, 2.45) is 17.8 Å². The van der Waals surface area contributed by atoms with Crippen LogP contribution in [0.15, 0.2) is 0 Å². The molecule has 0 atom stereocenters. The van der Waals surface area contributed by atoms with Crippen molar-refractivity contribution in [3.05, 3.63) is 0 Å². The Morgan fingerprint density at radius 1 is 1.11 bits per heavy atom. The van der Waals surface area contributed by atoms with Crippen LogP contribution in [0.2, 0.25) is 0 Å². The lowest BCUT2D eigenvalue weighted by Gasteiger charge is -2.33. The molecule has 0 aromatic carbocycles. The minimum atomic E-state index is -0.948. The van der Waals surface area contributed by atoms with E-state index in [0.717, 1.165) is 26.1 Å².